The molecule has 2 fully saturated rings. The van der Waals surface area contributed by atoms with Crippen molar-refractivity contribution in [1.82, 2.24) is 9.80 Å². The standard InChI is InChI=1S/C20H18Br2N2O4S/c1-2-8-28-18-14(21)9-13(10-15(18)22)11-16-19(26)24(20(27)29-16)12-17(25)23-6-4-3-5-7-23/h1,9-11H,3-8,12H2/b16-11-. The molecule has 2 aliphatic rings. The summed E-state index contributed by atoms with van der Waals surface area (Å²) >= 11 is 7.68. The molecule has 2 aliphatic heterocycles. The van der Waals surface area contributed by atoms with Crippen LogP contribution in [0.25, 0.3) is 6.08 Å². The maximum Gasteiger partial charge on any atom is 0.294 e. The van der Waals surface area contributed by atoms with E-state index in [0.717, 1.165) is 35.9 Å². The molecule has 0 saturated carbocycles. The van der Waals surface area contributed by atoms with Crippen LogP contribution in [-0.4, -0.2) is 53.1 Å². The van der Waals surface area contributed by atoms with E-state index in [9.17, 15) is 14.4 Å². The first-order valence-electron chi connectivity index (χ1n) is 8.99. The van der Waals surface area contributed by atoms with Gasteiger partial charge in [-0.15, -0.1) is 6.42 Å². The lowest BCUT2D eigenvalue weighted by Crippen LogP contribution is -2.44. The molecule has 3 rings (SSSR count). The first-order chi connectivity index (χ1) is 13.9. The highest BCUT2D eigenvalue weighted by Gasteiger charge is 2.37. The minimum atomic E-state index is -0.453. The highest BCUT2D eigenvalue weighted by Crippen LogP contribution is 2.37. The molecule has 1 aromatic carbocycles. The molecule has 2 heterocycles. The van der Waals surface area contributed by atoms with Crippen LogP contribution < -0.4 is 4.74 Å². The Hall–Kier alpha value is -1.76. The number of likely N-dealkylation sites (tertiary alicyclic amines) is 1. The molecule has 0 bridgehead atoms. The number of amides is 3. The molecule has 2 saturated heterocycles. The van der Waals surface area contributed by atoms with Crippen LogP contribution in [0.5, 0.6) is 5.75 Å². The van der Waals surface area contributed by atoms with Crippen molar-refractivity contribution < 1.29 is 19.1 Å². The molecule has 0 radical (unpaired) electrons. The second-order valence-corrected chi connectivity index (χ2v) is 9.22. The van der Waals surface area contributed by atoms with Crippen LogP contribution in [0, 0.1) is 12.3 Å². The highest BCUT2D eigenvalue weighted by molar-refractivity contribution is 9.11. The normalized spacial score (nSPS) is 18.3. The molecule has 6 nitrogen and oxygen atoms in total. The number of benzene rings is 1. The van der Waals surface area contributed by atoms with Crippen molar-refractivity contribution in [2.24, 2.45) is 0 Å². The second-order valence-electron chi connectivity index (χ2n) is 6.52. The molecule has 152 valence electrons. The van der Waals surface area contributed by atoms with Crippen molar-refractivity contribution in [1.29, 1.82) is 0 Å². The van der Waals surface area contributed by atoms with Crippen LogP contribution in [-0.2, 0) is 9.59 Å². The van der Waals surface area contributed by atoms with Crippen LogP contribution in [0.3, 0.4) is 0 Å². The highest BCUT2D eigenvalue weighted by atomic mass is 79.9. The SMILES string of the molecule is C#CCOc1c(Br)cc(/C=C2\SC(=O)N(CC(=O)N3CCCCC3)C2=O)cc1Br. The molecule has 9 heteroatoms. The minimum Gasteiger partial charge on any atom is -0.479 e. The van der Waals surface area contributed by atoms with Gasteiger partial charge in [-0.3, -0.25) is 19.3 Å². The first kappa shape index (κ1) is 21.9. The third kappa shape index (κ3) is 5.24. The molecule has 29 heavy (non-hydrogen) atoms. The van der Waals surface area contributed by atoms with E-state index in [-0.39, 0.29) is 24.0 Å². The van der Waals surface area contributed by atoms with Crippen LogP contribution in [0.4, 0.5) is 4.79 Å². The number of hydrogen-bond acceptors (Lipinski definition) is 5. The number of carbonyl (C=O) groups is 3. The van der Waals surface area contributed by atoms with Crippen molar-refractivity contribution in [3.8, 4) is 18.1 Å². The lowest BCUT2D eigenvalue weighted by molar-refractivity contribution is -0.136. The fraction of sp³-hybridized carbons (Fsp3) is 0.350. The molecular formula is C20H18Br2N2O4S. The fourth-order valence-electron chi connectivity index (χ4n) is 3.08. The van der Waals surface area contributed by atoms with Gasteiger partial charge in [0.05, 0.1) is 13.9 Å². The summed E-state index contributed by atoms with van der Waals surface area (Å²) in [6, 6.07) is 3.53. The summed E-state index contributed by atoms with van der Waals surface area (Å²) < 4.78 is 6.79. The molecule has 0 unspecified atom stereocenters. The molecule has 1 aromatic rings. The van der Waals surface area contributed by atoms with Gasteiger partial charge in [-0.2, -0.15) is 0 Å². The average Bonchev–Trinajstić information content (AvgIpc) is 2.95. The van der Waals surface area contributed by atoms with Gasteiger partial charge in [0.2, 0.25) is 5.91 Å². The van der Waals surface area contributed by atoms with Crippen molar-refractivity contribution in [2.75, 3.05) is 26.2 Å². The van der Waals surface area contributed by atoms with Gasteiger partial charge in [-0.05, 0) is 86.7 Å². The Bertz CT molecular complexity index is 897. The minimum absolute atomic E-state index is 0.125. The molecule has 0 aliphatic carbocycles. The fourth-order valence-corrected chi connectivity index (χ4v) is 5.37. The van der Waals surface area contributed by atoms with E-state index >= 15 is 0 Å². The van der Waals surface area contributed by atoms with E-state index in [4.69, 9.17) is 11.2 Å². The lowest BCUT2D eigenvalue weighted by Gasteiger charge is -2.27. The monoisotopic (exact) mass is 540 g/mol. The Balaban J connectivity index is 1.74. The van der Waals surface area contributed by atoms with Crippen LogP contribution in [0.15, 0.2) is 26.0 Å². The van der Waals surface area contributed by atoms with Gasteiger partial charge in [0.15, 0.2) is 0 Å². The van der Waals surface area contributed by atoms with Gasteiger partial charge < -0.3 is 9.64 Å². The zero-order valence-electron chi connectivity index (χ0n) is 15.5. The summed E-state index contributed by atoms with van der Waals surface area (Å²) in [5.74, 6) is 2.32. The van der Waals surface area contributed by atoms with E-state index in [0.29, 0.717) is 33.3 Å². The molecule has 0 spiro atoms. The van der Waals surface area contributed by atoms with E-state index < -0.39 is 11.1 Å². The number of carbonyl (C=O) groups excluding carboxylic acids is 3. The van der Waals surface area contributed by atoms with Crippen LogP contribution in [0.2, 0.25) is 0 Å². The summed E-state index contributed by atoms with van der Waals surface area (Å²) in [6.45, 7) is 1.27. The van der Waals surface area contributed by atoms with E-state index in [2.05, 4.69) is 37.8 Å². The van der Waals surface area contributed by atoms with Gasteiger partial charge in [0.1, 0.15) is 18.9 Å². The van der Waals surface area contributed by atoms with Crippen molar-refractivity contribution in [3.63, 3.8) is 0 Å². The summed E-state index contributed by atoms with van der Waals surface area (Å²) in [5, 5.41) is -0.432. The van der Waals surface area contributed by atoms with Gasteiger partial charge in [0, 0.05) is 13.1 Å². The second kappa shape index (κ2) is 9.83. The number of imide groups is 1. The lowest BCUT2D eigenvalue weighted by atomic mass is 10.1. The number of terminal acetylenes is 1. The van der Waals surface area contributed by atoms with Gasteiger partial charge in [0.25, 0.3) is 11.1 Å². The molecule has 0 atom stereocenters. The maximum absolute atomic E-state index is 12.7. The number of piperidine rings is 1. The van der Waals surface area contributed by atoms with Gasteiger partial charge >= 0.3 is 0 Å². The van der Waals surface area contributed by atoms with Crippen molar-refractivity contribution >= 4 is 66.8 Å². The van der Waals surface area contributed by atoms with Crippen molar-refractivity contribution in [3.05, 3.63) is 31.5 Å². The third-order valence-electron chi connectivity index (χ3n) is 4.49. The Labute approximate surface area is 190 Å². The predicted octanol–water partition coefficient (Wildman–Crippen LogP) is 4.27. The predicted molar refractivity (Wildman–Crippen MR) is 119 cm³/mol. The topological polar surface area (TPSA) is 66.9 Å². The molecule has 3 amide bonds. The number of ether oxygens (including phenoxy) is 1. The van der Waals surface area contributed by atoms with E-state index in [1.54, 1.807) is 23.1 Å². The summed E-state index contributed by atoms with van der Waals surface area (Å²) in [7, 11) is 0. The number of rotatable bonds is 5. The molecule has 0 N–H and O–H groups in total. The van der Waals surface area contributed by atoms with Crippen LogP contribution >= 0.6 is 43.6 Å². The van der Waals surface area contributed by atoms with E-state index in [1.807, 2.05) is 0 Å². The molecule has 0 aromatic heterocycles. The number of thioether (sulfide) groups is 1. The van der Waals surface area contributed by atoms with Gasteiger partial charge in [-0.25, -0.2) is 0 Å². The summed E-state index contributed by atoms with van der Waals surface area (Å²) in [5.41, 5.74) is 0.699. The number of hydrogen-bond donors (Lipinski definition) is 0. The van der Waals surface area contributed by atoms with E-state index in [1.165, 1.54) is 0 Å². The number of nitrogens with zero attached hydrogens (tertiary/aromatic N) is 2. The Kier molecular flexibility index (Phi) is 7.44. The Morgan fingerprint density at radius 2 is 1.86 bits per heavy atom. The Morgan fingerprint density at radius 1 is 1.21 bits per heavy atom. The smallest absolute Gasteiger partial charge is 0.294 e. The summed E-state index contributed by atoms with van der Waals surface area (Å²) in [6.07, 6.45) is 9.86. The van der Waals surface area contributed by atoms with Crippen LogP contribution in [0.1, 0.15) is 24.8 Å². The average molecular weight is 542 g/mol. The third-order valence-corrected chi connectivity index (χ3v) is 6.58. The largest absolute Gasteiger partial charge is 0.479 e. The Morgan fingerprint density at radius 3 is 2.48 bits per heavy atom. The maximum atomic E-state index is 12.7. The zero-order valence-corrected chi connectivity index (χ0v) is 19.4. The quantitative estimate of drug-likeness (QED) is 0.411. The summed E-state index contributed by atoms with van der Waals surface area (Å²) in [4.78, 5) is 40.4. The molecular weight excluding hydrogens is 524 g/mol. The zero-order chi connectivity index (χ0) is 21.0. The number of halogens is 2. The first-order valence-corrected chi connectivity index (χ1v) is 11.4. The van der Waals surface area contributed by atoms with Crippen molar-refractivity contribution in [2.45, 2.75) is 19.3 Å². The van der Waals surface area contributed by atoms with Gasteiger partial charge in [-0.1, -0.05) is 5.92 Å².